The van der Waals surface area contributed by atoms with Gasteiger partial charge in [-0.25, -0.2) is 9.97 Å². The number of nitrogens with one attached hydrogen (secondary N) is 1. The van der Waals surface area contributed by atoms with Crippen LogP contribution in [0, 0.1) is 0 Å². The van der Waals surface area contributed by atoms with E-state index in [2.05, 4.69) is 36.1 Å². The molecule has 0 saturated carbocycles. The molecule has 0 bridgehead atoms. The van der Waals surface area contributed by atoms with E-state index in [0.29, 0.717) is 19.8 Å². The van der Waals surface area contributed by atoms with Crippen molar-refractivity contribution in [3.05, 3.63) is 12.4 Å². The van der Waals surface area contributed by atoms with Gasteiger partial charge < -0.3 is 20.1 Å². The third kappa shape index (κ3) is 3.27. The van der Waals surface area contributed by atoms with Gasteiger partial charge in [-0.15, -0.1) is 0 Å². The molecule has 1 aliphatic rings. The quantitative estimate of drug-likeness (QED) is 0.621. The molecule has 0 spiro atoms. The van der Waals surface area contributed by atoms with Crippen LogP contribution < -0.4 is 10.2 Å². The highest BCUT2D eigenvalue weighted by Crippen LogP contribution is 2.21. The number of nitrogens with zero attached hydrogens (tertiary/aromatic N) is 3. The lowest BCUT2D eigenvalue weighted by Crippen LogP contribution is -2.42. The fraction of sp³-hybridized carbons (Fsp3) is 0.600. The minimum absolute atomic E-state index is 0.0813. The summed E-state index contributed by atoms with van der Waals surface area (Å²) < 4.78 is 5.35. The highest BCUT2D eigenvalue weighted by atomic mass is 79.9. The summed E-state index contributed by atoms with van der Waals surface area (Å²) in [4.78, 5) is 10.6. The van der Waals surface area contributed by atoms with E-state index in [0.717, 1.165) is 18.2 Å². The molecule has 0 radical (unpaired) electrons. The Morgan fingerprint density at radius 3 is 3.24 bits per heavy atom. The molecule has 6 nitrogen and oxygen atoms in total. The molecule has 1 atom stereocenters. The van der Waals surface area contributed by atoms with Crippen LogP contribution in [0.15, 0.2) is 12.4 Å². The monoisotopic (exact) mass is 302 g/mol. The molecule has 2 N–H and O–H groups in total. The first-order chi connectivity index (χ1) is 8.31. The van der Waals surface area contributed by atoms with E-state index in [4.69, 9.17) is 9.84 Å². The SMILES string of the molecule is OCCNc1cc(N2CCOCC2Br)ncn1. The number of ether oxygens (including phenoxy) is 1. The number of hydrogen-bond donors (Lipinski definition) is 2. The Bertz CT molecular complexity index is 366. The highest BCUT2D eigenvalue weighted by Gasteiger charge is 2.21. The van der Waals surface area contributed by atoms with Crippen LogP contribution >= 0.6 is 15.9 Å². The van der Waals surface area contributed by atoms with Crippen LogP contribution in [0.1, 0.15) is 0 Å². The number of alkyl halides is 1. The number of aliphatic hydroxyl groups is 1. The van der Waals surface area contributed by atoms with Crippen molar-refractivity contribution in [1.82, 2.24) is 9.97 Å². The van der Waals surface area contributed by atoms with Crippen LogP contribution in [0.2, 0.25) is 0 Å². The maximum absolute atomic E-state index is 8.75. The van der Waals surface area contributed by atoms with Gasteiger partial charge >= 0.3 is 0 Å². The zero-order valence-electron chi connectivity index (χ0n) is 9.34. The van der Waals surface area contributed by atoms with E-state index in [-0.39, 0.29) is 11.6 Å². The average molecular weight is 303 g/mol. The summed E-state index contributed by atoms with van der Waals surface area (Å²) in [6, 6.07) is 1.87. The predicted molar refractivity (Wildman–Crippen MR) is 68.5 cm³/mol. The Labute approximate surface area is 108 Å². The Hall–Kier alpha value is -0.920. The standard InChI is InChI=1S/C10H15BrN4O2/c11-8-6-17-4-2-15(8)10-5-9(12-1-3-16)13-7-14-10/h5,7-8,16H,1-4,6H2,(H,12,13,14). The maximum atomic E-state index is 8.75. The van der Waals surface area contributed by atoms with Gasteiger partial charge in [0.25, 0.3) is 0 Å². The van der Waals surface area contributed by atoms with Gasteiger partial charge in [0.1, 0.15) is 22.9 Å². The van der Waals surface area contributed by atoms with Crippen LogP contribution in [0.3, 0.4) is 0 Å². The van der Waals surface area contributed by atoms with Gasteiger partial charge in [0, 0.05) is 19.2 Å². The van der Waals surface area contributed by atoms with Gasteiger partial charge in [-0.3, -0.25) is 0 Å². The molecule has 1 unspecified atom stereocenters. The minimum atomic E-state index is 0.0813. The number of hydrogen-bond acceptors (Lipinski definition) is 6. The lowest BCUT2D eigenvalue weighted by atomic mass is 10.4. The molecule has 94 valence electrons. The van der Waals surface area contributed by atoms with E-state index in [1.54, 1.807) is 0 Å². The Morgan fingerprint density at radius 2 is 2.47 bits per heavy atom. The lowest BCUT2D eigenvalue weighted by molar-refractivity contribution is 0.116. The van der Waals surface area contributed by atoms with Gasteiger partial charge in [0.15, 0.2) is 0 Å². The van der Waals surface area contributed by atoms with E-state index in [1.807, 2.05) is 6.07 Å². The second-order valence-corrected chi connectivity index (χ2v) is 4.67. The third-order valence-corrected chi connectivity index (χ3v) is 3.19. The maximum Gasteiger partial charge on any atom is 0.135 e. The molecule has 2 heterocycles. The molecule has 17 heavy (non-hydrogen) atoms. The van der Waals surface area contributed by atoms with Crippen molar-refractivity contribution in [2.75, 3.05) is 43.1 Å². The summed E-state index contributed by atoms with van der Waals surface area (Å²) in [5.74, 6) is 1.57. The number of aliphatic hydroxyl groups excluding tert-OH is 1. The van der Waals surface area contributed by atoms with Crippen molar-refractivity contribution in [1.29, 1.82) is 0 Å². The van der Waals surface area contributed by atoms with Crippen molar-refractivity contribution in [3.8, 4) is 0 Å². The smallest absolute Gasteiger partial charge is 0.135 e. The summed E-state index contributed by atoms with van der Waals surface area (Å²) in [5.41, 5.74) is 0. The third-order valence-electron chi connectivity index (χ3n) is 2.43. The van der Waals surface area contributed by atoms with E-state index >= 15 is 0 Å². The first kappa shape index (κ1) is 12.5. The Morgan fingerprint density at radius 1 is 1.59 bits per heavy atom. The Balaban J connectivity index is 2.08. The fourth-order valence-electron chi connectivity index (χ4n) is 1.62. The largest absolute Gasteiger partial charge is 0.395 e. The summed E-state index contributed by atoms with van der Waals surface area (Å²) in [6.45, 7) is 2.70. The fourth-order valence-corrected chi connectivity index (χ4v) is 2.22. The van der Waals surface area contributed by atoms with Gasteiger partial charge in [-0.05, 0) is 0 Å². The van der Waals surface area contributed by atoms with Crippen LogP contribution in [-0.4, -0.2) is 52.9 Å². The second-order valence-electron chi connectivity index (χ2n) is 3.61. The van der Waals surface area contributed by atoms with Crippen LogP contribution in [0.5, 0.6) is 0 Å². The molecule has 2 rings (SSSR count). The first-order valence-corrected chi connectivity index (χ1v) is 6.38. The van der Waals surface area contributed by atoms with E-state index in [9.17, 15) is 0 Å². The molecule has 0 amide bonds. The van der Waals surface area contributed by atoms with Gasteiger partial charge in [-0.2, -0.15) is 0 Å². The number of halogens is 1. The van der Waals surface area contributed by atoms with Crippen molar-refractivity contribution in [2.24, 2.45) is 0 Å². The molecular formula is C10H15BrN4O2. The normalized spacial score (nSPS) is 20.4. The zero-order chi connectivity index (χ0) is 12.1. The molecule has 1 saturated heterocycles. The number of rotatable bonds is 4. The van der Waals surface area contributed by atoms with Crippen LogP contribution in [0.25, 0.3) is 0 Å². The number of aromatic nitrogens is 2. The van der Waals surface area contributed by atoms with Crippen molar-refractivity contribution >= 4 is 27.6 Å². The molecule has 0 aromatic carbocycles. The molecule has 1 fully saturated rings. The summed E-state index contributed by atoms with van der Waals surface area (Å²) >= 11 is 3.55. The molecule has 1 aliphatic heterocycles. The molecule has 1 aromatic rings. The van der Waals surface area contributed by atoms with Gasteiger partial charge in [-0.1, -0.05) is 15.9 Å². The van der Waals surface area contributed by atoms with E-state index in [1.165, 1.54) is 6.33 Å². The zero-order valence-corrected chi connectivity index (χ0v) is 10.9. The van der Waals surface area contributed by atoms with Crippen LogP contribution in [-0.2, 0) is 4.74 Å². The average Bonchev–Trinajstić information content (AvgIpc) is 2.37. The molecular weight excluding hydrogens is 288 g/mol. The number of morpholine rings is 1. The second kappa shape index (κ2) is 6.13. The van der Waals surface area contributed by atoms with Crippen molar-refractivity contribution in [3.63, 3.8) is 0 Å². The number of anilines is 2. The topological polar surface area (TPSA) is 70.5 Å². The summed E-state index contributed by atoms with van der Waals surface area (Å²) in [6.07, 6.45) is 1.52. The Kier molecular flexibility index (Phi) is 4.52. The predicted octanol–water partition coefficient (Wildman–Crippen LogP) is 0.438. The van der Waals surface area contributed by atoms with Gasteiger partial charge in [0.2, 0.25) is 0 Å². The highest BCUT2D eigenvalue weighted by molar-refractivity contribution is 9.09. The molecule has 0 aliphatic carbocycles. The minimum Gasteiger partial charge on any atom is -0.395 e. The van der Waals surface area contributed by atoms with Crippen LogP contribution in [0.4, 0.5) is 11.6 Å². The molecule has 1 aromatic heterocycles. The summed E-state index contributed by atoms with van der Waals surface area (Å²) in [7, 11) is 0. The summed E-state index contributed by atoms with van der Waals surface area (Å²) in [5, 5.41) is 11.8. The van der Waals surface area contributed by atoms with Crippen molar-refractivity contribution in [2.45, 2.75) is 4.95 Å². The van der Waals surface area contributed by atoms with Gasteiger partial charge in [0.05, 0.1) is 19.8 Å². The molecule has 7 heteroatoms. The lowest BCUT2D eigenvalue weighted by Gasteiger charge is -2.32. The van der Waals surface area contributed by atoms with E-state index < -0.39 is 0 Å². The van der Waals surface area contributed by atoms with Crippen molar-refractivity contribution < 1.29 is 9.84 Å². The first-order valence-electron chi connectivity index (χ1n) is 5.46.